The average molecular weight is 540 g/mol. The Morgan fingerprint density at radius 2 is 1.66 bits per heavy atom. The van der Waals surface area contributed by atoms with Crippen LogP contribution in [-0.4, -0.2) is 55.3 Å². The van der Waals surface area contributed by atoms with Gasteiger partial charge in [0.1, 0.15) is 10.6 Å². The minimum absolute atomic E-state index is 0.134. The topological polar surface area (TPSA) is 106 Å². The predicted molar refractivity (Wildman–Crippen MR) is 147 cm³/mol. The maximum absolute atomic E-state index is 13.5. The quantitative estimate of drug-likeness (QED) is 0.378. The second-order valence-electron chi connectivity index (χ2n) is 8.90. The molecule has 0 spiro atoms. The van der Waals surface area contributed by atoms with Crippen molar-refractivity contribution in [1.82, 2.24) is 4.72 Å². The van der Waals surface area contributed by atoms with Gasteiger partial charge in [0.25, 0.3) is 5.91 Å². The minimum atomic E-state index is -3.88. The van der Waals surface area contributed by atoms with E-state index in [0.717, 1.165) is 31.5 Å². The number of ether oxygens (including phenoxy) is 3. The van der Waals surface area contributed by atoms with E-state index in [0.29, 0.717) is 40.6 Å². The third-order valence-corrected chi connectivity index (χ3v) is 7.93. The average Bonchev–Trinajstić information content (AvgIpc) is 3.48. The van der Waals surface area contributed by atoms with Gasteiger partial charge in [0, 0.05) is 30.9 Å². The Labute approximate surface area is 223 Å². The molecule has 0 saturated carbocycles. The number of sulfonamides is 1. The normalized spacial score (nSPS) is 13.3. The maximum atomic E-state index is 13.5. The summed E-state index contributed by atoms with van der Waals surface area (Å²) in [6, 6.07) is 17.3. The number of benzene rings is 3. The number of nitrogens with one attached hydrogen (secondary N) is 2. The van der Waals surface area contributed by atoms with Crippen molar-refractivity contribution in [3.8, 4) is 17.2 Å². The van der Waals surface area contributed by atoms with Crippen LogP contribution in [-0.2, 0) is 16.4 Å². The molecule has 0 bridgehead atoms. The second kappa shape index (κ2) is 12.2. The number of nitrogens with zero attached hydrogens (tertiary/aromatic N) is 1. The van der Waals surface area contributed by atoms with Crippen molar-refractivity contribution in [2.24, 2.45) is 0 Å². The van der Waals surface area contributed by atoms with Crippen LogP contribution in [0.2, 0.25) is 0 Å². The van der Waals surface area contributed by atoms with Gasteiger partial charge in [0.2, 0.25) is 10.0 Å². The Hall–Kier alpha value is -3.76. The molecule has 1 aliphatic heterocycles. The Bertz CT molecular complexity index is 1390. The highest BCUT2D eigenvalue weighted by molar-refractivity contribution is 7.89. The molecule has 1 aliphatic rings. The van der Waals surface area contributed by atoms with Crippen molar-refractivity contribution in [2.45, 2.75) is 24.2 Å². The summed E-state index contributed by atoms with van der Waals surface area (Å²) in [5, 5.41) is 2.81. The molecule has 3 aromatic rings. The zero-order valence-electron chi connectivity index (χ0n) is 21.8. The van der Waals surface area contributed by atoms with Crippen molar-refractivity contribution < 1.29 is 27.4 Å². The predicted octanol–water partition coefficient (Wildman–Crippen LogP) is 4.09. The SMILES string of the molecule is COc1cccc(C(=O)Nc2ccc(N3CCCC3)c(S(=O)(=O)NCCc3ccc(OC)c(OC)c3)c2)c1. The maximum Gasteiger partial charge on any atom is 0.255 e. The molecule has 3 aromatic carbocycles. The van der Waals surface area contributed by atoms with Crippen molar-refractivity contribution in [3.05, 3.63) is 71.8 Å². The number of hydrogen-bond donors (Lipinski definition) is 2. The number of methoxy groups -OCH3 is 3. The van der Waals surface area contributed by atoms with Gasteiger partial charge in [-0.15, -0.1) is 0 Å². The molecule has 10 heteroatoms. The van der Waals surface area contributed by atoms with Crippen LogP contribution in [0.5, 0.6) is 17.2 Å². The van der Waals surface area contributed by atoms with Crippen molar-refractivity contribution >= 4 is 27.3 Å². The van der Waals surface area contributed by atoms with Gasteiger partial charge in [0.05, 0.1) is 27.0 Å². The van der Waals surface area contributed by atoms with Crippen LogP contribution in [0.15, 0.2) is 65.6 Å². The summed E-state index contributed by atoms with van der Waals surface area (Å²) in [5.74, 6) is 1.40. The van der Waals surface area contributed by atoms with E-state index in [1.807, 2.05) is 12.1 Å². The van der Waals surface area contributed by atoms with Crippen molar-refractivity contribution in [1.29, 1.82) is 0 Å². The van der Waals surface area contributed by atoms with E-state index in [2.05, 4.69) is 14.9 Å². The molecule has 9 nitrogen and oxygen atoms in total. The Balaban J connectivity index is 1.54. The first-order valence-corrected chi connectivity index (χ1v) is 13.9. The van der Waals surface area contributed by atoms with E-state index in [4.69, 9.17) is 14.2 Å². The fourth-order valence-electron chi connectivity index (χ4n) is 4.44. The molecule has 4 rings (SSSR count). The first-order chi connectivity index (χ1) is 18.3. The molecule has 0 radical (unpaired) electrons. The molecule has 1 amide bonds. The molecular formula is C28H33N3O6S. The number of anilines is 2. The van der Waals surface area contributed by atoms with Crippen molar-refractivity contribution in [2.75, 3.05) is 51.2 Å². The summed E-state index contributed by atoms with van der Waals surface area (Å²) in [7, 11) is 0.778. The van der Waals surface area contributed by atoms with E-state index >= 15 is 0 Å². The fourth-order valence-corrected chi connectivity index (χ4v) is 5.72. The van der Waals surface area contributed by atoms with Gasteiger partial charge >= 0.3 is 0 Å². The lowest BCUT2D eigenvalue weighted by molar-refractivity contribution is 0.102. The summed E-state index contributed by atoms with van der Waals surface area (Å²) in [4.78, 5) is 15.1. The van der Waals surface area contributed by atoms with E-state index in [-0.39, 0.29) is 17.3 Å². The molecule has 0 atom stereocenters. The Morgan fingerprint density at radius 3 is 2.37 bits per heavy atom. The van der Waals surface area contributed by atoms with E-state index in [1.54, 1.807) is 56.7 Å². The summed E-state index contributed by atoms with van der Waals surface area (Å²) in [6.07, 6.45) is 2.46. The Morgan fingerprint density at radius 1 is 0.895 bits per heavy atom. The summed E-state index contributed by atoms with van der Waals surface area (Å²) >= 11 is 0. The van der Waals surface area contributed by atoms with Gasteiger partial charge in [-0.3, -0.25) is 4.79 Å². The fraction of sp³-hybridized carbons (Fsp3) is 0.321. The van der Waals surface area contributed by atoms with Gasteiger partial charge < -0.3 is 24.4 Å². The zero-order valence-corrected chi connectivity index (χ0v) is 22.6. The van der Waals surface area contributed by atoms with Crippen LogP contribution >= 0.6 is 0 Å². The lowest BCUT2D eigenvalue weighted by Gasteiger charge is -2.22. The molecule has 0 aromatic heterocycles. The monoisotopic (exact) mass is 539 g/mol. The highest BCUT2D eigenvalue weighted by atomic mass is 32.2. The third kappa shape index (κ3) is 6.38. The molecule has 2 N–H and O–H groups in total. The minimum Gasteiger partial charge on any atom is -0.497 e. The number of carbonyl (C=O) groups is 1. The highest BCUT2D eigenvalue weighted by Crippen LogP contribution is 2.32. The third-order valence-electron chi connectivity index (χ3n) is 6.44. The van der Waals surface area contributed by atoms with Crippen LogP contribution in [0.1, 0.15) is 28.8 Å². The van der Waals surface area contributed by atoms with E-state index < -0.39 is 10.0 Å². The first-order valence-electron chi connectivity index (χ1n) is 12.4. The molecule has 202 valence electrons. The largest absolute Gasteiger partial charge is 0.497 e. The molecule has 1 heterocycles. The summed E-state index contributed by atoms with van der Waals surface area (Å²) < 4.78 is 45.5. The standard InChI is InChI=1S/C28H33N3O6S/c1-35-23-8-6-7-21(18-23)28(32)30-22-10-11-24(31-15-4-5-16-31)27(19-22)38(33,34)29-14-13-20-9-12-25(36-2)26(17-20)37-3/h6-12,17-19,29H,4-5,13-16H2,1-3H3,(H,30,32). The smallest absolute Gasteiger partial charge is 0.255 e. The number of hydrogen-bond acceptors (Lipinski definition) is 7. The van der Waals surface area contributed by atoms with Gasteiger partial charge in [-0.1, -0.05) is 12.1 Å². The summed E-state index contributed by atoms with van der Waals surface area (Å²) in [6.45, 7) is 1.75. The zero-order chi connectivity index (χ0) is 27.1. The first kappa shape index (κ1) is 27.3. The number of carbonyl (C=O) groups excluding carboxylic acids is 1. The van der Waals surface area contributed by atoms with Crippen LogP contribution in [0.25, 0.3) is 0 Å². The van der Waals surface area contributed by atoms with Crippen LogP contribution in [0.3, 0.4) is 0 Å². The molecule has 1 fully saturated rings. The molecule has 0 unspecified atom stereocenters. The number of rotatable bonds is 11. The van der Waals surface area contributed by atoms with E-state index in [1.165, 1.54) is 13.2 Å². The van der Waals surface area contributed by atoms with Crippen molar-refractivity contribution in [3.63, 3.8) is 0 Å². The molecule has 1 saturated heterocycles. The summed E-state index contributed by atoms with van der Waals surface area (Å²) in [5.41, 5.74) is 2.33. The molecule has 38 heavy (non-hydrogen) atoms. The van der Waals surface area contributed by atoms with Crippen LogP contribution in [0.4, 0.5) is 11.4 Å². The van der Waals surface area contributed by atoms with Gasteiger partial charge in [-0.05, 0) is 73.4 Å². The van der Waals surface area contributed by atoms with Crippen LogP contribution < -0.4 is 29.1 Å². The second-order valence-corrected chi connectivity index (χ2v) is 10.6. The van der Waals surface area contributed by atoms with Gasteiger partial charge in [-0.2, -0.15) is 0 Å². The lowest BCUT2D eigenvalue weighted by atomic mass is 10.1. The molecule has 0 aliphatic carbocycles. The van der Waals surface area contributed by atoms with Gasteiger partial charge in [-0.25, -0.2) is 13.1 Å². The van der Waals surface area contributed by atoms with Gasteiger partial charge in [0.15, 0.2) is 11.5 Å². The van der Waals surface area contributed by atoms with E-state index in [9.17, 15) is 13.2 Å². The Kier molecular flexibility index (Phi) is 8.75. The lowest BCUT2D eigenvalue weighted by Crippen LogP contribution is -2.29. The highest BCUT2D eigenvalue weighted by Gasteiger charge is 2.25. The molecular weight excluding hydrogens is 506 g/mol. The van der Waals surface area contributed by atoms with Crippen LogP contribution in [0, 0.1) is 0 Å². The number of amides is 1.